The Hall–Kier alpha value is -1.95. The number of rotatable bonds is 2. The number of nitrogens with one attached hydrogen (secondary N) is 1. The van der Waals surface area contributed by atoms with Gasteiger partial charge in [0.1, 0.15) is 6.33 Å². The first-order valence-corrected chi connectivity index (χ1v) is 7.31. The lowest BCUT2D eigenvalue weighted by molar-refractivity contribution is 0.736. The maximum absolute atomic E-state index is 4.31. The van der Waals surface area contributed by atoms with Crippen LogP contribution in [0.25, 0.3) is 5.65 Å². The SMILES string of the molecule is Brc1cnn2c(N[C@H]3CCc4ccccc43)ncnc12. The van der Waals surface area contributed by atoms with Gasteiger partial charge in [0.25, 0.3) is 0 Å². The number of aromatic nitrogens is 4. The van der Waals surface area contributed by atoms with Gasteiger partial charge >= 0.3 is 0 Å². The summed E-state index contributed by atoms with van der Waals surface area (Å²) in [4.78, 5) is 8.54. The molecule has 2 heterocycles. The molecule has 1 aliphatic rings. The van der Waals surface area contributed by atoms with Gasteiger partial charge in [-0.15, -0.1) is 0 Å². The van der Waals surface area contributed by atoms with Crippen molar-refractivity contribution in [2.24, 2.45) is 0 Å². The summed E-state index contributed by atoms with van der Waals surface area (Å²) < 4.78 is 2.60. The van der Waals surface area contributed by atoms with Gasteiger partial charge < -0.3 is 5.32 Å². The molecule has 100 valence electrons. The summed E-state index contributed by atoms with van der Waals surface area (Å²) >= 11 is 3.44. The van der Waals surface area contributed by atoms with Gasteiger partial charge in [0.2, 0.25) is 5.95 Å². The Morgan fingerprint density at radius 2 is 2.15 bits per heavy atom. The Labute approximate surface area is 124 Å². The van der Waals surface area contributed by atoms with Crippen molar-refractivity contribution in [2.75, 3.05) is 5.32 Å². The first kappa shape index (κ1) is 11.8. The van der Waals surface area contributed by atoms with Crippen LogP contribution in [0.5, 0.6) is 0 Å². The van der Waals surface area contributed by atoms with Gasteiger partial charge in [-0.1, -0.05) is 24.3 Å². The van der Waals surface area contributed by atoms with Gasteiger partial charge in [-0.25, -0.2) is 9.97 Å². The van der Waals surface area contributed by atoms with Crippen molar-refractivity contribution in [2.45, 2.75) is 18.9 Å². The summed E-state index contributed by atoms with van der Waals surface area (Å²) in [5.74, 6) is 0.724. The molecular weight excluding hydrogens is 318 g/mol. The molecule has 0 aliphatic heterocycles. The average Bonchev–Trinajstić information content (AvgIpc) is 3.05. The number of hydrogen-bond donors (Lipinski definition) is 1. The first-order valence-electron chi connectivity index (χ1n) is 6.51. The fourth-order valence-electron chi connectivity index (χ4n) is 2.75. The van der Waals surface area contributed by atoms with Gasteiger partial charge in [0, 0.05) is 0 Å². The minimum Gasteiger partial charge on any atom is -0.347 e. The van der Waals surface area contributed by atoms with E-state index in [4.69, 9.17) is 0 Å². The lowest BCUT2D eigenvalue weighted by atomic mass is 10.1. The average molecular weight is 330 g/mol. The van der Waals surface area contributed by atoms with Crippen LogP contribution >= 0.6 is 15.9 Å². The van der Waals surface area contributed by atoms with E-state index in [1.807, 2.05) is 0 Å². The lowest BCUT2D eigenvalue weighted by Gasteiger charge is -2.14. The molecule has 2 aromatic heterocycles. The normalized spacial score (nSPS) is 17.4. The highest BCUT2D eigenvalue weighted by molar-refractivity contribution is 9.10. The number of aryl methyl sites for hydroxylation is 1. The Bertz CT molecular complexity index is 782. The van der Waals surface area contributed by atoms with Crippen molar-refractivity contribution in [1.82, 2.24) is 19.6 Å². The van der Waals surface area contributed by atoms with Crippen LogP contribution in [-0.4, -0.2) is 19.6 Å². The molecule has 20 heavy (non-hydrogen) atoms. The van der Waals surface area contributed by atoms with Gasteiger partial charge in [0.15, 0.2) is 5.65 Å². The van der Waals surface area contributed by atoms with Crippen molar-refractivity contribution in [1.29, 1.82) is 0 Å². The summed E-state index contributed by atoms with van der Waals surface area (Å²) in [6.07, 6.45) is 5.47. The molecule has 1 aromatic carbocycles. The van der Waals surface area contributed by atoms with E-state index in [0.29, 0.717) is 0 Å². The summed E-state index contributed by atoms with van der Waals surface area (Å²) in [6.45, 7) is 0. The number of benzene rings is 1. The van der Waals surface area contributed by atoms with Crippen LogP contribution in [0.15, 0.2) is 41.3 Å². The highest BCUT2D eigenvalue weighted by Gasteiger charge is 2.23. The monoisotopic (exact) mass is 329 g/mol. The maximum atomic E-state index is 4.31. The van der Waals surface area contributed by atoms with Crippen molar-refractivity contribution < 1.29 is 0 Å². The van der Waals surface area contributed by atoms with Crippen molar-refractivity contribution in [3.63, 3.8) is 0 Å². The zero-order chi connectivity index (χ0) is 13.5. The molecule has 0 spiro atoms. The molecule has 5 nitrogen and oxygen atoms in total. The minimum absolute atomic E-state index is 0.285. The standard InChI is InChI=1S/C14H12BrN5/c15-11-7-18-20-13(11)16-8-17-14(20)19-12-6-5-9-3-1-2-4-10(9)12/h1-4,7-8,12H,5-6H2,(H,16,17,19)/t12-/m0/s1. The van der Waals surface area contributed by atoms with Crippen LogP contribution in [0.1, 0.15) is 23.6 Å². The van der Waals surface area contributed by atoms with E-state index in [0.717, 1.165) is 28.9 Å². The molecule has 6 heteroatoms. The van der Waals surface area contributed by atoms with Gasteiger partial charge in [-0.05, 0) is 39.9 Å². The zero-order valence-corrected chi connectivity index (χ0v) is 12.2. The quantitative estimate of drug-likeness (QED) is 0.785. The number of anilines is 1. The lowest BCUT2D eigenvalue weighted by Crippen LogP contribution is -2.12. The van der Waals surface area contributed by atoms with Crippen LogP contribution in [0.2, 0.25) is 0 Å². The topological polar surface area (TPSA) is 55.1 Å². The van der Waals surface area contributed by atoms with E-state index < -0.39 is 0 Å². The molecule has 3 aromatic rings. The molecule has 0 radical (unpaired) electrons. The fraction of sp³-hybridized carbons (Fsp3) is 0.214. The molecular formula is C14H12BrN5. The molecule has 0 saturated heterocycles. The summed E-state index contributed by atoms with van der Waals surface area (Å²) in [5.41, 5.74) is 3.54. The maximum Gasteiger partial charge on any atom is 0.227 e. The Morgan fingerprint density at radius 3 is 3.10 bits per heavy atom. The van der Waals surface area contributed by atoms with Crippen LogP contribution in [0, 0.1) is 0 Å². The molecule has 0 bridgehead atoms. The van der Waals surface area contributed by atoms with E-state index >= 15 is 0 Å². The van der Waals surface area contributed by atoms with Gasteiger partial charge in [0.05, 0.1) is 16.7 Å². The number of nitrogens with zero attached hydrogens (tertiary/aromatic N) is 4. The molecule has 4 rings (SSSR count). The van der Waals surface area contributed by atoms with E-state index in [-0.39, 0.29) is 6.04 Å². The summed E-state index contributed by atoms with van der Waals surface area (Å²) in [7, 11) is 0. The van der Waals surface area contributed by atoms with Crippen LogP contribution in [0.3, 0.4) is 0 Å². The van der Waals surface area contributed by atoms with Crippen molar-refractivity contribution >= 4 is 27.5 Å². The highest BCUT2D eigenvalue weighted by Crippen LogP contribution is 2.33. The molecule has 1 N–H and O–H groups in total. The third-order valence-electron chi connectivity index (χ3n) is 3.70. The fourth-order valence-corrected chi connectivity index (χ4v) is 3.11. The predicted octanol–water partition coefficient (Wildman–Crippen LogP) is 2.99. The largest absolute Gasteiger partial charge is 0.347 e. The molecule has 0 saturated carbocycles. The second-order valence-corrected chi connectivity index (χ2v) is 5.71. The number of halogens is 1. The summed E-state index contributed by atoms with van der Waals surface area (Å²) in [6, 6.07) is 8.83. The molecule has 0 amide bonds. The minimum atomic E-state index is 0.285. The summed E-state index contributed by atoms with van der Waals surface area (Å²) in [5, 5.41) is 7.78. The Kier molecular flexibility index (Phi) is 2.70. The Balaban J connectivity index is 1.72. The van der Waals surface area contributed by atoms with E-state index in [1.165, 1.54) is 11.1 Å². The second kappa shape index (κ2) is 4.56. The zero-order valence-electron chi connectivity index (χ0n) is 10.6. The third-order valence-corrected chi connectivity index (χ3v) is 4.26. The van der Waals surface area contributed by atoms with Crippen molar-refractivity contribution in [3.8, 4) is 0 Å². The predicted molar refractivity (Wildman–Crippen MR) is 79.6 cm³/mol. The van der Waals surface area contributed by atoms with Gasteiger partial charge in [-0.2, -0.15) is 9.61 Å². The van der Waals surface area contributed by atoms with E-state index in [1.54, 1.807) is 17.0 Å². The van der Waals surface area contributed by atoms with E-state index in [9.17, 15) is 0 Å². The highest BCUT2D eigenvalue weighted by atomic mass is 79.9. The van der Waals surface area contributed by atoms with Crippen LogP contribution in [0.4, 0.5) is 5.95 Å². The van der Waals surface area contributed by atoms with Crippen molar-refractivity contribution in [3.05, 3.63) is 52.4 Å². The third kappa shape index (κ3) is 1.79. The first-order chi connectivity index (χ1) is 9.83. The van der Waals surface area contributed by atoms with Gasteiger partial charge in [-0.3, -0.25) is 0 Å². The molecule has 0 unspecified atom stereocenters. The van der Waals surface area contributed by atoms with E-state index in [2.05, 4.69) is 60.6 Å². The molecule has 1 aliphatic carbocycles. The molecule has 1 atom stereocenters. The van der Waals surface area contributed by atoms with Crippen LogP contribution < -0.4 is 5.32 Å². The smallest absolute Gasteiger partial charge is 0.227 e. The number of hydrogen-bond acceptors (Lipinski definition) is 4. The van der Waals surface area contributed by atoms with Crippen LogP contribution in [-0.2, 0) is 6.42 Å². The Morgan fingerprint density at radius 1 is 1.25 bits per heavy atom. The second-order valence-electron chi connectivity index (χ2n) is 4.86. The molecule has 0 fully saturated rings. The number of fused-ring (bicyclic) bond motifs is 2.